The highest BCUT2D eigenvalue weighted by atomic mass is 16.5. The van der Waals surface area contributed by atoms with Gasteiger partial charge in [0.2, 0.25) is 0 Å². The Morgan fingerprint density at radius 1 is 1.42 bits per heavy atom. The third-order valence-corrected chi connectivity index (χ3v) is 3.62. The highest BCUT2D eigenvalue weighted by Crippen LogP contribution is 2.08. The van der Waals surface area contributed by atoms with E-state index in [0.717, 1.165) is 19.6 Å². The summed E-state index contributed by atoms with van der Waals surface area (Å²) in [7, 11) is 0. The second-order valence-corrected chi connectivity index (χ2v) is 5.07. The first-order valence-electron chi connectivity index (χ1n) is 6.98. The molecule has 0 radical (unpaired) electrons. The monoisotopic (exact) mass is 265 g/mol. The molecule has 2 rings (SSSR count). The lowest BCUT2D eigenvalue weighted by molar-refractivity contribution is 0.234. The molecule has 19 heavy (non-hydrogen) atoms. The molecule has 1 saturated heterocycles. The van der Waals surface area contributed by atoms with E-state index >= 15 is 0 Å². The molecule has 1 aromatic rings. The molecular formula is C14H23N3O2. The van der Waals surface area contributed by atoms with E-state index in [-0.39, 0.29) is 11.6 Å². The molecule has 5 nitrogen and oxygen atoms in total. The molecule has 1 fully saturated rings. The van der Waals surface area contributed by atoms with Gasteiger partial charge in [-0.1, -0.05) is 0 Å². The number of rotatable bonds is 6. The molecule has 1 aromatic heterocycles. The summed E-state index contributed by atoms with van der Waals surface area (Å²) in [6.45, 7) is 6.11. The highest BCUT2D eigenvalue weighted by Gasteiger charge is 2.12. The molecule has 1 atom stereocenters. The van der Waals surface area contributed by atoms with Gasteiger partial charge in [0.15, 0.2) is 5.75 Å². The quantitative estimate of drug-likeness (QED) is 0.828. The van der Waals surface area contributed by atoms with Crippen LogP contribution in [0.15, 0.2) is 23.1 Å². The molecule has 1 unspecified atom stereocenters. The van der Waals surface area contributed by atoms with Crippen LogP contribution in [-0.4, -0.2) is 42.3 Å². The third-order valence-electron chi connectivity index (χ3n) is 3.62. The Morgan fingerprint density at radius 2 is 2.16 bits per heavy atom. The number of hydrogen-bond acceptors (Lipinski definition) is 4. The predicted octanol–water partition coefficient (Wildman–Crippen LogP) is 0.843. The van der Waals surface area contributed by atoms with Crippen molar-refractivity contribution in [2.24, 2.45) is 5.73 Å². The number of aromatic nitrogens is 1. The van der Waals surface area contributed by atoms with Crippen molar-refractivity contribution >= 4 is 0 Å². The Hall–Kier alpha value is -1.33. The molecule has 5 heteroatoms. The first kappa shape index (κ1) is 14.1. The summed E-state index contributed by atoms with van der Waals surface area (Å²) in [5.41, 5.74) is 5.50. The molecule has 2 N–H and O–H groups in total. The topological polar surface area (TPSA) is 60.5 Å². The lowest BCUT2D eigenvalue weighted by Gasteiger charge is -2.16. The van der Waals surface area contributed by atoms with Gasteiger partial charge >= 0.3 is 0 Å². The van der Waals surface area contributed by atoms with E-state index in [1.54, 1.807) is 16.8 Å². The van der Waals surface area contributed by atoms with E-state index in [2.05, 4.69) is 4.90 Å². The number of nitrogens with zero attached hydrogens (tertiary/aromatic N) is 2. The van der Waals surface area contributed by atoms with Gasteiger partial charge in [0.25, 0.3) is 5.56 Å². The maximum Gasteiger partial charge on any atom is 0.293 e. The average Bonchev–Trinajstić information content (AvgIpc) is 2.93. The van der Waals surface area contributed by atoms with Crippen LogP contribution in [0.25, 0.3) is 0 Å². The average molecular weight is 265 g/mol. The second-order valence-electron chi connectivity index (χ2n) is 5.07. The fourth-order valence-corrected chi connectivity index (χ4v) is 2.35. The van der Waals surface area contributed by atoms with Gasteiger partial charge in [0.1, 0.15) is 6.61 Å². The lowest BCUT2D eigenvalue weighted by Crippen LogP contribution is -2.30. The van der Waals surface area contributed by atoms with Gasteiger partial charge in [0.05, 0.1) is 0 Å². The van der Waals surface area contributed by atoms with Gasteiger partial charge in [-0.25, -0.2) is 0 Å². The maximum atomic E-state index is 12.2. The van der Waals surface area contributed by atoms with Crippen LogP contribution in [-0.2, 0) is 0 Å². The van der Waals surface area contributed by atoms with Crippen LogP contribution in [0.2, 0.25) is 0 Å². The molecule has 0 aliphatic carbocycles. The first-order chi connectivity index (χ1) is 9.22. The Labute approximate surface area is 114 Å². The summed E-state index contributed by atoms with van der Waals surface area (Å²) in [5.74, 6) is 0.419. The SMILES string of the molecule is CC(CN)n1cccc(OCCN2CCCC2)c1=O. The summed E-state index contributed by atoms with van der Waals surface area (Å²) >= 11 is 0. The second kappa shape index (κ2) is 6.73. The third kappa shape index (κ3) is 3.58. The normalized spacial score (nSPS) is 17.6. The number of likely N-dealkylation sites (tertiary alicyclic amines) is 1. The number of ether oxygens (including phenoxy) is 1. The first-order valence-corrected chi connectivity index (χ1v) is 6.98. The Bertz CT molecular complexity index is 452. The van der Waals surface area contributed by atoms with Crippen molar-refractivity contribution in [2.45, 2.75) is 25.8 Å². The van der Waals surface area contributed by atoms with E-state index in [1.165, 1.54) is 12.8 Å². The minimum absolute atomic E-state index is 0.00497. The zero-order valence-corrected chi connectivity index (χ0v) is 11.5. The molecule has 0 aromatic carbocycles. The van der Waals surface area contributed by atoms with Gasteiger partial charge in [-0.15, -0.1) is 0 Å². The predicted molar refractivity (Wildman–Crippen MR) is 75.6 cm³/mol. The van der Waals surface area contributed by atoms with Crippen molar-refractivity contribution in [3.8, 4) is 5.75 Å². The van der Waals surface area contributed by atoms with Gasteiger partial charge < -0.3 is 15.0 Å². The lowest BCUT2D eigenvalue weighted by atomic mass is 10.3. The number of nitrogens with two attached hydrogens (primary N) is 1. The Kier molecular flexibility index (Phi) is 4.99. The van der Waals surface area contributed by atoms with E-state index in [0.29, 0.717) is 18.9 Å². The summed E-state index contributed by atoms with van der Waals surface area (Å²) in [4.78, 5) is 14.5. The molecule has 0 amide bonds. The molecule has 106 valence electrons. The standard InChI is InChI=1S/C14H23N3O2/c1-12(11-15)17-8-4-5-13(14(17)18)19-10-9-16-6-2-3-7-16/h4-5,8,12H,2-3,6-7,9-11,15H2,1H3. The molecule has 1 aliphatic rings. The van der Waals surface area contributed by atoms with Crippen molar-refractivity contribution in [2.75, 3.05) is 32.8 Å². The number of pyridine rings is 1. The Balaban J connectivity index is 1.94. The summed E-state index contributed by atoms with van der Waals surface area (Å²) in [5, 5.41) is 0. The van der Waals surface area contributed by atoms with Crippen LogP contribution >= 0.6 is 0 Å². The van der Waals surface area contributed by atoms with Crippen LogP contribution in [0.4, 0.5) is 0 Å². The molecule has 0 saturated carbocycles. The van der Waals surface area contributed by atoms with Gasteiger partial charge in [-0.05, 0) is 45.0 Å². The molecule has 1 aliphatic heterocycles. The fourth-order valence-electron chi connectivity index (χ4n) is 2.35. The summed E-state index contributed by atoms with van der Waals surface area (Å²) in [6, 6.07) is 3.56. The zero-order chi connectivity index (χ0) is 13.7. The van der Waals surface area contributed by atoms with E-state index in [4.69, 9.17) is 10.5 Å². The van der Waals surface area contributed by atoms with Crippen molar-refractivity contribution in [1.82, 2.24) is 9.47 Å². The van der Waals surface area contributed by atoms with E-state index in [1.807, 2.05) is 13.0 Å². The van der Waals surface area contributed by atoms with Crippen molar-refractivity contribution < 1.29 is 4.74 Å². The molecule has 0 bridgehead atoms. The minimum atomic E-state index is -0.0955. The molecule has 2 heterocycles. The van der Waals surface area contributed by atoms with Crippen LogP contribution in [0, 0.1) is 0 Å². The van der Waals surface area contributed by atoms with Crippen molar-refractivity contribution in [3.05, 3.63) is 28.7 Å². The summed E-state index contributed by atoms with van der Waals surface area (Å²) in [6.07, 6.45) is 4.30. The van der Waals surface area contributed by atoms with Crippen molar-refractivity contribution in [3.63, 3.8) is 0 Å². The van der Waals surface area contributed by atoms with Crippen LogP contribution in [0.3, 0.4) is 0 Å². The van der Waals surface area contributed by atoms with Gasteiger partial charge in [0, 0.05) is 25.3 Å². The molecule has 0 spiro atoms. The van der Waals surface area contributed by atoms with Crippen LogP contribution in [0.1, 0.15) is 25.8 Å². The van der Waals surface area contributed by atoms with Gasteiger partial charge in [-0.3, -0.25) is 9.69 Å². The van der Waals surface area contributed by atoms with Gasteiger partial charge in [-0.2, -0.15) is 0 Å². The maximum absolute atomic E-state index is 12.2. The number of hydrogen-bond donors (Lipinski definition) is 1. The zero-order valence-electron chi connectivity index (χ0n) is 11.5. The minimum Gasteiger partial charge on any atom is -0.487 e. The summed E-state index contributed by atoms with van der Waals surface area (Å²) < 4.78 is 7.25. The van der Waals surface area contributed by atoms with Crippen molar-refractivity contribution in [1.29, 1.82) is 0 Å². The molecular weight excluding hydrogens is 242 g/mol. The Morgan fingerprint density at radius 3 is 2.84 bits per heavy atom. The highest BCUT2D eigenvalue weighted by molar-refractivity contribution is 5.17. The van der Waals surface area contributed by atoms with E-state index in [9.17, 15) is 4.79 Å². The smallest absolute Gasteiger partial charge is 0.293 e. The van der Waals surface area contributed by atoms with Crippen LogP contribution in [0.5, 0.6) is 5.75 Å². The fraction of sp³-hybridized carbons (Fsp3) is 0.643. The largest absolute Gasteiger partial charge is 0.487 e. The van der Waals surface area contributed by atoms with Crippen LogP contribution < -0.4 is 16.0 Å². The van der Waals surface area contributed by atoms with E-state index < -0.39 is 0 Å².